The van der Waals surface area contributed by atoms with Gasteiger partial charge in [-0.1, -0.05) is 30.7 Å². The van der Waals surface area contributed by atoms with Gasteiger partial charge in [-0.05, 0) is 84.9 Å². The Hall–Kier alpha value is -1.95. The summed E-state index contributed by atoms with van der Waals surface area (Å²) in [6, 6.07) is 6.57. The highest BCUT2D eigenvalue weighted by Crippen LogP contribution is 2.36. The first-order chi connectivity index (χ1) is 16.8. The molecule has 2 aromatic heterocycles. The van der Waals surface area contributed by atoms with Crippen LogP contribution in [-0.2, 0) is 9.53 Å². The topological polar surface area (TPSA) is 83.0 Å². The van der Waals surface area contributed by atoms with Gasteiger partial charge in [-0.2, -0.15) is 0 Å². The van der Waals surface area contributed by atoms with Crippen molar-refractivity contribution in [2.75, 3.05) is 13.7 Å². The Kier molecular flexibility index (Phi) is 8.19. The van der Waals surface area contributed by atoms with Gasteiger partial charge in [0.1, 0.15) is 11.5 Å². The average Bonchev–Trinajstić information content (AvgIpc) is 3.30. The van der Waals surface area contributed by atoms with E-state index >= 15 is 0 Å². The molecule has 0 saturated heterocycles. The van der Waals surface area contributed by atoms with E-state index in [4.69, 9.17) is 18.9 Å². The Morgan fingerprint density at radius 2 is 2.00 bits per heavy atom. The van der Waals surface area contributed by atoms with Gasteiger partial charge >= 0.3 is 5.97 Å². The molecule has 184 valence electrons. The Morgan fingerprint density at radius 1 is 1.23 bits per heavy atom. The minimum Gasteiger partial charge on any atom is -0.496 e. The van der Waals surface area contributed by atoms with Crippen molar-refractivity contribution in [3.05, 3.63) is 80.2 Å². The molecule has 11 heteroatoms. The van der Waals surface area contributed by atoms with Crippen molar-refractivity contribution in [2.45, 2.75) is 32.7 Å². The number of carbonyl (C=O) groups excluding carboxylic acids is 1. The number of esters is 1. The van der Waals surface area contributed by atoms with E-state index in [0.717, 1.165) is 16.5 Å². The summed E-state index contributed by atoms with van der Waals surface area (Å²) in [7, 11) is 1.58. The monoisotopic (exact) mass is 686 g/mol. The van der Waals surface area contributed by atoms with Crippen LogP contribution in [0.15, 0.2) is 63.4 Å². The van der Waals surface area contributed by atoms with Crippen LogP contribution in [0.2, 0.25) is 0 Å². The van der Waals surface area contributed by atoms with Crippen LogP contribution in [0, 0.1) is 0 Å². The predicted molar refractivity (Wildman–Crippen MR) is 144 cm³/mol. The average molecular weight is 689 g/mol. The fourth-order valence-electron chi connectivity index (χ4n) is 3.85. The molecule has 1 aliphatic heterocycles. The van der Waals surface area contributed by atoms with Gasteiger partial charge in [0.15, 0.2) is 9.47 Å². The number of allylic oxidation sites excluding steroid dienone is 1. The van der Waals surface area contributed by atoms with Crippen molar-refractivity contribution in [2.24, 2.45) is 4.99 Å². The molecule has 0 saturated carbocycles. The molecule has 0 amide bonds. The molecule has 1 atom stereocenters. The van der Waals surface area contributed by atoms with Crippen molar-refractivity contribution in [3.63, 3.8) is 0 Å². The molecule has 3 heterocycles. The zero-order valence-electron chi connectivity index (χ0n) is 19.1. The molecule has 0 N–H and O–H groups in total. The van der Waals surface area contributed by atoms with Crippen molar-refractivity contribution in [3.8, 4) is 5.75 Å². The summed E-state index contributed by atoms with van der Waals surface area (Å²) in [6.45, 7) is 3.99. The lowest BCUT2D eigenvalue weighted by Gasteiger charge is -2.26. The number of thiazole rings is 1. The number of benzene rings is 1. The molecule has 7 nitrogen and oxygen atoms in total. The molecule has 0 fully saturated rings. The molecule has 0 radical (unpaired) electrons. The SMILES string of the molecule is CCCC1=C(C(=O)OCC)[C@H](c2ccc(OC)c(Br)c2)n2c(s/c(=C/c3cc(Br)c(Br)o3)c2=O)=N1. The number of hydrogen-bond donors (Lipinski definition) is 0. The first kappa shape index (κ1) is 26.1. The molecule has 0 spiro atoms. The Morgan fingerprint density at radius 3 is 2.60 bits per heavy atom. The molecule has 0 bridgehead atoms. The minimum absolute atomic E-state index is 0.216. The largest absolute Gasteiger partial charge is 0.496 e. The van der Waals surface area contributed by atoms with E-state index in [0.29, 0.717) is 47.7 Å². The number of furan rings is 1. The molecule has 3 aromatic rings. The lowest BCUT2D eigenvalue weighted by molar-refractivity contribution is -0.139. The number of hydrogen-bond acceptors (Lipinski definition) is 7. The highest BCUT2D eigenvalue weighted by atomic mass is 79.9. The lowest BCUT2D eigenvalue weighted by atomic mass is 9.94. The highest BCUT2D eigenvalue weighted by molar-refractivity contribution is 9.13. The van der Waals surface area contributed by atoms with Gasteiger partial charge < -0.3 is 13.9 Å². The van der Waals surface area contributed by atoms with Gasteiger partial charge in [-0.3, -0.25) is 9.36 Å². The summed E-state index contributed by atoms with van der Waals surface area (Å²) in [5, 5.41) is 0. The highest BCUT2D eigenvalue weighted by Gasteiger charge is 2.34. The van der Waals surface area contributed by atoms with Crippen molar-refractivity contribution in [1.82, 2.24) is 4.57 Å². The van der Waals surface area contributed by atoms with Crippen molar-refractivity contribution >= 4 is 71.2 Å². The van der Waals surface area contributed by atoms with Gasteiger partial charge in [0.25, 0.3) is 5.56 Å². The number of nitrogens with zero attached hydrogens (tertiary/aromatic N) is 2. The second-order valence-electron chi connectivity index (χ2n) is 7.58. The van der Waals surface area contributed by atoms with Crippen LogP contribution in [-0.4, -0.2) is 24.3 Å². The van der Waals surface area contributed by atoms with Gasteiger partial charge in [-0.15, -0.1) is 0 Å². The third kappa shape index (κ3) is 5.14. The molecule has 0 unspecified atom stereocenters. The van der Waals surface area contributed by atoms with Crippen LogP contribution in [0.3, 0.4) is 0 Å². The third-order valence-electron chi connectivity index (χ3n) is 5.32. The molecular formula is C24H21Br3N2O5S. The van der Waals surface area contributed by atoms with Gasteiger partial charge in [0, 0.05) is 6.08 Å². The summed E-state index contributed by atoms with van der Waals surface area (Å²) in [5.74, 6) is 0.673. The summed E-state index contributed by atoms with van der Waals surface area (Å²) < 4.78 is 20.4. The second-order valence-corrected chi connectivity index (χ2v) is 11.0. The zero-order chi connectivity index (χ0) is 25.3. The normalized spacial score (nSPS) is 15.7. The Labute approximate surface area is 230 Å². The summed E-state index contributed by atoms with van der Waals surface area (Å²) in [6.07, 6.45) is 3.03. The number of carbonyl (C=O) groups is 1. The van der Waals surface area contributed by atoms with Gasteiger partial charge in [0.2, 0.25) is 0 Å². The maximum Gasteiger partial charge on any atom is 0.338 e. The van der Waals surface area contributed by atoms with Crippen LogP contribution in [0.25, 0.3) is 6.08 Å². The van der Waals surface area contributed by atoms with E-state index in [1.54, 1.807) is 36.8 Å². The van der Waals surface area contributed by atoms with E-state index in [2.05, 4.69) is 47.8 Å². The molecule has 35 heavy (non-hydrogen) atoms. The second kappa shape index (κ2) is 11.0. The van der Waals surface area contributed by atoms with Gasteiger partial charge in [-0.25, -0.2) is 9.79 Å². The molecule has 4 rings (SSSR count). The third-order valence-corrected chi connectivity index (χ3v) is 8.63. The van der Waals surface area contributed by atoms with Crippen molar-refractivity contribution in [1.29, 1.82) is 0 Å². The first-order valence-corrected chi connectivity index (χ1v) is 14.0. The van der Waals surface area contributed by atoms with Crippen LogP contribution in [0.4, 0.5) is 0 Å². The smallest absolute Gasteiger partial charge is 0.338 e. The van der Waals surface area contributed by atoms with Crippen LogP contribution >= 0.6 is 59.1 Å². The number of methoxy groups -OCH3 is 1. The number of rotatable bonds is 7. The van der Waals surface area contributed by atoms with E-state index in [1.807, 2.05) is 19.1 Å². The van der Waals surface area contributed by atoms with E-state index < -0.39 is 12.0 Å². The summed E-state index contributed by atoms with van der Waals surface area (Å²) in [5.41, 5.74) is 1.46. The van der Waals surface area contributed by atoms with Crippen LogP contribution < -0.4 is 19.6 Å². The number of aromatic nitrogens is 1. The lowest BCUT2D eigenvalue weighted by Crippen LogP contribution is -2.40. The molecule has 1 aliphatic rings. The minimum atomic E-state index is -0.703. The Balaban J connectivity index is 2.00. The predicted octanol–water partition coefficient (Wildman–Crippen LogP) is 5.47. The maximum absolute atomic E-state index is 13.7. The molecule has 0 aliphatic carbocycles. The quantitative estimate of drug-likeness (QED) is 0.308. The first-order valence-electron chi connectivity index (χ1n) is 10.8. The van der Waals surface area contributed by atoms with Crippen molar-refractivity contribution < 1.29 is 18.7 Å². The molecule has 1 aromatic carbocycles. The number of ether oxygens (including phenoxy) is 2. The summed E-state index contributed by atoms with van der Waals surface area (Å²) >= 11 is 11.5. The fraction of sp³-hybridized carbons (Fsp3) is 0.292. The molecular weight excluding hydrogens is 668 g/mol. The Bertz CT molecular complexity index is 1480. The summed E-state index contributed by atoms with van der Waals surface area (Å²) in [4.78, 5) is 32.2. The number of fused-ring (bicyclic) bond motifs is 1. The van der Waals surface area contributed by atoms with Crippen LogP contribution in [0.5, 0.6) is 5.75 Å². The van der Waals surface area contributed by atoms with Crippen LogP contribution in [0.1, 0.15) is 44.1 Å². The van der Waals surface area contributed by atoms with E-state index in [-0.39, 0.29) is 12.2 Å². The maximum atomic E-state index is 13.7. The standard InChI is InChI=1S/C24H21Br3N2O5S/c1-4-6-16-19(23(31)33-5-2)20(12-7-8-17(32-3)14(25)9-12)29-22(30)18(35-24(29)28-16)11-13-10-15(26)21(27)34-13/h7-11,20H,4-6H2,1-3H3/b18-11+/t20-/m0/s1. The zero-order valence-corrected chi connectivity index (χ0v) is 24.6. The van der Waals surface area contributed by atoms with Gasteiger partial charge in [0.05, 0.1) is 44.5 Å². The fourth-order valence-corrected chi connectivity index (χ4v) is 6.02. The number of halogens is 3. The van der Waals surface area contributed by atoms with E-state index in [1.165, 1.54) is 11.3 Å². The van der Waals surface area contributed by atoms with E-state index in [9.17, 15) is 9.59 Å².